The molecule has 0 saturated heterocycles. The van der Waals surface area contributed by atoms with E-state index in [1.54, 1.807) is 0 Å². The predicted octanol–water partition coefficient (Wildman–Crippen LogP) is 4.07. The molecule has 0 aliphatic rings. The molecular weight excluding hydrogens is 359 g/mol. The van der Waals surface area contributed by atoms with Gasteiger partial charge in [0.2, 0.25) is 0 Å². The Balaban J connectivity index is 2.55. The van der Waals surface area contributed by atoms with Crippen molar-refractivity contribution < 1.29 is 31.9 Å². The summed E-state index contributed by atoms with van der Waals surface area (Å²) >= 11 is 0. The molecule has 3 N–H and O–H groups in total. The molecule has 0 aliphatic carbocycles. The molecule has 0 radical (unpaired) electrons. The summed E-state index contributed by atoms with van der Waals surface area (Å²) in [6.07, 6.45) is -4.00. The van der Waals surface area contributed by atoms with Crippen LogP contribution >= 0.6 is 0 Å². The van der Waals surface area contributed by atoms with Crippen LogP contribution in [0.15, 0.2) is 36.5 Å². The third kappa shape index (κ3) is 2.81. The first-order valence-electron chi connectivity index (χ1n) is 7.08. The van der Waals surface area contributed by atoms with E-state index < -0.39 is 40.4 Å². The average Bonchev–Trinajstić information content (AvgIpc) is 2.54. The van der Waals surface area contributed by atoms with Crippen molar-refractivity contribution in [3.8, 4) is 0 Å². The normalized spacial score (nSPS) is 12.7. The van der Waals surface area contributed by atoms with Crippen molar-refractivity contribution >= 4 is 33.2 Å². The van der Waals surface area contributed by atoms with Gasteiger partial charge in [-0.2, -0.15) is 13.2 Å². The number of carboxylic acids is 1. The second kappa shape index (κ2) is 5.94. The second-order valence-electron chi connectivity index (χ2n) is 5.39. The number of benzene rings is 2. The van der Waals surface area contributed by atoms with Crippen molar-refractivity contribution in [2.24, 2.45) is 5.73 Å². The summed E-state index contributed by atoms with van der Waals surface area (Å²) in [5, 5.41) is 8.79. The minimum Gasteiger partial charge on any atom is -0.478 e. The number of carboxylic acid groups (broad SMARTS) is 1. The molecule has 2 aromatic carbocycles. The molecule has 0 spiro atoms. The van der Waals surface area contributed by atoms with Gasteiger partial charge in [0, 0.05) is 23.0 Å². The van der Waals surface area contributed by atoms with Gasteiger partial charge in [-0.25, -0.2) is 18.6 Å². The van der Waals surface area contributed by atoms with Crippen molar-refractivity contribution in [3.05, 3.63) is 59.4 Å². The molecule has 9 heteroatoms. The standard InChI is InChI=1S/C17H9F5N2O2/c18-8-4-11-10-3-7(17(20,21)22)1-2-9(10)14(12(6-23)16(25)26)24-15(11)13(19)5-8/h1-6H,23H2,(H,25,26). The maximum absolute atomic E-state index is 14.1. The van der Waals surface area contributed by atoms with Crippen LogP contribution in [0.3, 0.4) is 0 Å². The topological polar surface area (TPSA) is 76.2 Å². The number of carbonyl (C=O) groups is 1. The molecule has 3 rings (SSSR count). The number of hydrogen-bond acceptors (Lipinski definition) is 3. The van der Waals surface area contributed by atoms with E-state index in [4.69, 9.17) is 5.73 Å². The number of hydrogen-bond donors (Lipinski definition) is 2. The Morgan fingerprint density at radius 2 is 1.77 bits per heavy atom. The summed E-state index contributed by atoms with van der Waals surface area (Å²) in [6, 6.07) is 3.76. The molecule has 0 saturated carbocycles. The van der Waals surface area contributed by atoms with Crippen LogP contribution < -0.4 is 5.73 Å². The Kier molecular flexibility index (Phi) is 4.02. The van der Waals surface area contributed by atoms with E-state index in [1.165, 1.54) is 0 Å². The van der Waals surface area contributed by atoms with E-state index in [0.717, 1.165) is 18.2 Å². The second-order valence-corrected chi connectivity index (χ2v) is 5.39. The van der Waals surface area contributed by atoms with Gasteiger partial charge in [-0.05, 0) is 23.6 Å². The SMILES string of the molecule is NC=C(C(=O)O)c1nc2c(F)cc(F)cc2c2cc(C(F)(F)F)ccc12. The fraction of sp³-hybridized carbons (Fsp3) is 0.0588. The lowest BCUT2D eigenvalue weighted by molar-refractivity contribution is -0.137. The summed E-state index contributed by atoms with van der Waals surface area (Å²) in [5.41, 5.74) is 2.92. The Morgan fingerprint density at radius 1 is 1.08 bits per heavy atom. The zero-order valence-corrected chi connectivity index (χ0v) is 12.7. The van der Waals surface area contributed by atoms with Crippen LogP contribution in [0, 0.1) is 11.6 Å². The van der Waals surface area contributed by atoms with Gasteiger partial charge in [0.15, 0.2) is 5.82 Å². The first kappa shape index (κ1) is 17.6. The van der Waals surface area contributed by atoms with Crippen molar-refractivity contribution in [1.29, 1.82) is 0 Å². The molecule has 4 nitrogen and oxygen atoms in total. The zero-order chi connectivity index (χ0) is 19.2. The number of aliphatic carboxylic acids is 1. The largest absolute Gasteiger partial charge is 0.478 e. The van der Waals surface area contributed by atoms with Gasteiger partial charge in [0.05, 0.1) is 11.3 Å². The van der Waals surface area contributed by atoms with E-state index >= 15 is 0 Å². The number of pyridine rings is 1. The van der Waals surface area contributed by atoms with Gasteiger partial charge >= 0.3 is 12.1 Å². The van der Waals surface area contributed by atoms with E-state index in [0.29, 0.717) is 18.3 Å². The lowest BCUT2D eigenvalue weighted by Crippen LogP contribution is -2.08. The molecule has 0 atom stereocenters. The molecule has 26 heavy (non-hydrogen) atoms. The van der Waals surface area contributed by atoms with Crippen LogP contribution in [0.2, 0.25) is 0 Å². The summed E-state index contributed by atoms with van der Waals surface area (Å²) in [5.74, 6) is -3.64. The minimum absolute atomic E-state index is 0.0328. The third-order valence-electron chi connectivity index (χ3n) is 3.80. The Bertz CT molecular complexity index is 1090. The molecule has 1 aromatic heterocycles. The number of rotatable bonds is 2. The number of alkyl halides is 3. The first-order chi connectivity index (χ1) is 12.1. The van der Waals surface area contributed by atoms with E-state index in [2.05, 4.69) is 4.98 Å². The van der Waals surface area contributed by atoms with Gasteiger partial charge in [-0.1, -0.05) is 6.07 Å². The molecule has 0 fully saturated rings. The van der Waals surface area contributed by atoms with Gasteiger partial charge in [0.25, 0.3) is 0 Å². The fourth-order valence-electron chi connectivity index (χ4n) is 2.66. The van der Waals surface area contributed by atoms with Crippen LogP contribution in [-0.4, -0.2) is 16.1 Å². The van der Waals surface area contributed by atoms with Crippen LogP contribution in [0.25, 0.3) is 27.2 Å². The summed E-state index contributed by atoms with van der Waals surface area (Å²) in [7, 11) is 0. The van der Waals surface area contributed by atoms with Crippen LogP contribution in [0.5, 0.6) is 0 Å². The number of nitrogens with two attached hydrogens (primary N) is 1. The number of nitrogens with zero attached hydrogens (tertiary/aromatic N) is 1. The summed E-state index contributed by atoms with van der Waals surface area (Å²) in [4.78, 5) is 15.2. The average molecular weight is 368 g/mol. The zero-order valence-electron chi connectivity index (χ0n) is 12.7. The number of halogens is 5. The first-order valence-corrected chi connectivity index (χ1v) is 7.08. The highest BCUT2D eigenvalue weighted by atomic mass is 19.4. The maximum atomic E-state index is 14.1. The lowest BCUT2D eigenvalue weighted by Gasteiger charge is -2.13. The smallest absolute Gasteiger partial charge is 0.416 e. The van der Waals surface area contributed by atoms with Crippen molar-refractivity contribution in [1.82, 2.24) is 4.98 Å². The molecule has 3 aromatic rings. The number of fused-ring (bicyclic) bond motifs is 3. The number of aromatic nitrogens is 1. The predicted molar refractivity (Wildman–Crippen MR) is 84.0 cm³/mol. The highest BCUT2D eigenvalue weighted by Crippen LogP contribution is 2.36. The molecule has 1 heterocycles. The molecule has 0 unspecified atom stereocenters. The van der Waals surface area contributed by atoms with Gasteiger partial charge in [-0.3, -0.25) is 0 Å². The summed E-state index contributed by atoms with van der Waals surface area (Å²) in [6.45, 7) is 0. The molecule has 0 bridgehead atoms. The van der Waals surface area contributed by atoms with Crippen LogP contribution in [0.4, 0.5) is 22.0 Å². The Hall–Kier alpha value is -3.23. The van der Waals surface area contributed by atoms with Crippen molar-refractivity contribution in [2.45, 2.75) is 6.18 Å². The van der Waals surface area contributed by atoms with E-state index in [9.17, 15) is 31.9 Å². The van der Waals surface area contributed by atoms with E-state index in [1.807, 2.05) is 0 Å². The third-order valence-corrected chi connectivity index (χ3v) is 3.80. The lowest BCUT2D eigenvalue weighted by atomic mass is 9.98. The minimum atomic E-state index is -4.70. The van der Waals surface area contributed by atoms with Gasteiger partial charge < -0.3 is 10.8 Å². The van der Waals surface area contributed by atoms with Crippen molar-refractivity contribution in [2.75, 3.05) is 0 Å². The van der Waals surface area contributed by atoms with E-state index in [-0.39, 0.29) is 21.9 Å². The molecule has 134 valence electrons. The van der Waals surface area contributed by atoms with Crippen LogP contribution in [0.1, 0.15) is 11.3 Å². The Labute approximate surface area is 142 Å². The molecule has 0 aliphatic heterocycles. The Morgan fingerprint density at radius 3 is 2.35 bits per heavy atom. The molecule has 0 amide bonds. The van der Waals surface area contributed by atoms with Gasteiger partial charge in [0.1, 0.15) is 16.9 Å². The molecular formula is C17H9F5N2O2. The van der Waals surface area contributed by atoms with Crippen molar-refractivity contribution in [3.63, 3.8) is 0 Å². The monoisotopic (exact) mass is 368 g/mol. The highest BCUT2D eigenvalue weighted by molar-refractivity contribution is 6.21. The quantitative estimate of drug-likeness (QED) is 0.406. The van der Waals surface area contributed by atoms with Gasteiger partial charge in [-0.15, -0.1) is 0 Å². The maximum Gasteiger partial charge on any atom is 0.416 e. The van der Waals surface area contributed by atoms with Crippen LogP contribution in [-0.2, 0) is 11.0 Å². The highest BCUT2D eigenvalue weighted by Gasteiger charge is 2.31. The fourth-order valence-corrected chi connectivity index (χ4v) is 2.66. The summed E-state index contributed by atoms with van der Waals surface area (Å²) < 4.78 is 66.8.